The number of carbonyl (C=O) groups is 3. The van der Waals surface area contributed by atoms with Crippen LogP contribution in [0.5, 0.6) is 0 Å². The molecule has 3 fully saturated rings. The lowest BCUT2D eigenvalue weighted by atomic mass is 10.00. The van der Waals surface area contributed by atoms with Crippen LogP contribution >= 0.6 is 0 Å². The van der Waals surface area contributed by atoms with Crippen molar-refractivity contribution in [3.8, 4) is 0 Å². The van der Waals surface area contributed by atoms with Gasteiger partial charge in [-0.2, -0.15) is 0 Å². The van der Waals surface area contributed by atoms with E-state index >= 15 is 0 Å². The molecule has 0 aromatic rings. The van der Waals surface area contributed by atoms with Crippen LogP contribution in [0.3, 0.4) is 0 Å². The fourth-order valence-electron chi connectivity index (χ4n) is 4.26. The van der Waals surface area contributed by atoms with E-state index in [-0.39, 0.29) is 30.3 Å². The Morgan fingerprint density at radius 3 is 2.42 bits per heavy atom. The van der Waals surface area contributed by atoms with E-state index < -0.39 is 0 Å². The number of carbonyl (C=O) groups excluding carboxylic acids is 3. The number of likely N-dealkylation sites (tertiary alicyclic amines) is 2. The molecule has 0 unspecified atom stereocenters. The topological polar surface area (TPSA) is 78.9 Å². The van der Waals surface area contributed by atoms with Crippen LogP contribution in [0.2, 0.25) is 0 Å². The molecule has 26 heavy (non-hydrogen) atoms. The number of nitrogens with zero attached hydrogens (tertiary/aromatic N) is 2. The van der Waals surface area contributed by atoms with Crippen LogP contribution in [0, 0.1) is 5.92 Å². The fourth-order valence-corrected chi connectivity index (χ4v) is 4.26. The average molecular weight is 365 g/mol. The van der Waals surface area contributed by atoms with Crippen molar-refractivity contribution in [2.24, 2.45) is 5.92 Å². The molecule has 2 amide bonds. The third kappa shape index (κ3) is 5.19. The van der Waals surface area contributed by atoms with Gasteiger partial charge in [0.15, 0.2) is 12.4 Å². The van der Waals surface area contributed by atoms with Crippen LogP contribution in [-0.2, 0) is 14.3 Å². The highest BCUT2D eigenvalue weighted by Gasteiger charge is 2.29. The second kappa shape index (κ2) is 9.35. The van der Waals surface area contributed by atoms with E-state index in [2.05, 4.69) is 10.2 Å². The van der Waals surface area contributed by atoms with Gasteiger partial charge in [-0.25, -0.2) is 4.79 Å². The highest BCUT2D eigenvalue weighted by molar-refractivity contribution is 5.84. The fraction of sp³-hybridized carbons (Fsp3) is 0.842. The first kappa shape index (κ1) is 19.1. The molecule has 3 saturated heterocycles. The lowest BCUT2D eigenvalue weighted by Crippen LogP contribution is -2.48. The molecule has 0 aliphatic carbocycles. The number of ketones is 1. The molecule has 1 N–H and O–H groups in total. The van der Waals surface area contributed by atoms with E-state index in [1.54, 1.807) is 4.90 Å². The zero-order valence-corrected chi connectivity index (χ0v) is 15.6. The molecule has 3 heterocycles. The summed E-state index contributed by atoms with van der Waals surface area (Å²) in [5, 5.41) is 2.77. The average Bonchev–Trinajstić information content (AvgIpc) is 3.10. The second-order valence-electron chi connectivity index (χ2n) is 7.72. The standard InChI is InChI=1S/C19H31N3O4/c23-17(5-4-15-6-9-20-18(15)24)14-26-19(25)22-12-7-16(8-13-22)21-10-2-1-3-11-21/h15-16H,1-14H2,(H,20,24)/t15-/m0/s1. The van der Waals surface area contributed by atoms with Crippen LogP contribution in [0.4, 0.5) is 4.79 Å². The second-order valence-corrected chi connectivity index (χ2v) is 7.72. The maximum atomic E-state index is 12.2. The normalized spacial score (nSPS) is 25.2. The summed E-state index contributed by atoms with van der Waals surface area (Å²) in [6, 6.07) is 0.582. The molecule has 3 aliphatic heterocycles. The van der Waals surface area contributed by atoms with Crippen LogP contribution in [-0.4, -0.2) is 73.0 Å². The quantitative estimate of drug-likeness (QED) is 0.773. The minimum atomic E-state index is -0.381. The molecule has 0 spiro atoms. The molecule has 0 bridgehead atoms. The molecular formula is C19H31N3O4. The van der Waals surface area contributed by atoms with Gasteiger partial charge >= 0.3 is 6.09 Å². The molecule has 0 aromatic heterocycles. The Kier molecular flexibility index (Phi) is 6.88. The van der Waals surface area contributed by atoms with Gasteiger partial charge in [0.2, 0.25) is 5.91 Å². The molecule has 0 aromatic carbocycles. The summed E-state index contributed by atoms with van der Waals surface area (Å²) < 4.78 is 5.19. The van der Waals surface area contributed by atoms with Gasteiger partial charge in [0.25, 0.3) is 0 Å². The minimum absolute atomic E-state index is 0.0337. The Balaban J connectivity index is 1.31. The smallest absolute Gasteiger partial charge is 0.410 e. The number of hydrogen-bond donors (Lipinski definition) is 1. The summed E-state index contributed by atoms with van der Waals surface area (Å²) in [6.07, 6.45) is 7.12. The Labute approximate surface area is 155 Å². The van der Waals surface area contributed by atoms with Crippen LogP contribution in [0.1, 0.15) is 51.4 Å². The Morgan fingerprint density at radius 2 is 1.77 bits per heavy atom. The van der Waals surface area contributed by atoms with Gasteiger partial charge in [0, 0.05) is 38.0 Å². The number of rotatable bonds is 6. The van der Waals surface area contributed by atoms with Crippen molar-refractivity contribution >= 4 is 17.8 Å². The van der Waals surface area contributed by atoms with Crippen LogP contribution in [0.15, 0.2) is 0 Å². The zero-order valence-electron chi connectivity index (χ0n) is 15.6. The number of ether oxygens (including phenoxy) is 1. The number of hydrogen-bond acceptors (Lipinski definition) is 5. The van der Waals surface area contributed by atoms with Crippen molar-refractivity contribution in [3.63, 3.8) is 0 Å². The van der Waals surface area contributed by atoms with Gasteiger partial charge in [0.05, 0.1) is 0 Å². The number of amides is 2. The lowest BCUT2D eigenvalue weighted by molar-refractivity contribution is -0.124. The van der Waals surface area contributed by atoms with Crippen molar-refractivity contribution in [2.75, 3.05) is 39.3 Å². The Bertz CT molecular complexity index is 511. The summed E-state index contributed by atoms with van der Waals surface area (Å²) in [7, 11) is 0. The van der Waals surface area contributed by atoms with Gasteiger partial charge in [-0.05, 0) is 51.6 Å². The van der Waals surface area contributed by atoms with Crippen molar-refractivity contribution < 1.29 is 19.1 Å². The molecule has 3 rings (SSSR count). The zero-order chi connectivity index (χ0) is 18.4. The molecular weight excluding hydrogens is 334 g/mol. The third-order valence-corrected chi connectivity index (χ3v) is 5.92. The maximum Gasteiger partial charge on any atom is 0.410 e. The minimum Gasteiger partial charge on any atom is -0.441 e. The molecule has 0 radical (unpaired) electrons. The summed E-state index contributed by atoms with van der Waals surface area (Å²) >= 11 is 0. The van der Waals surface area contributed by atoms with Crippen molar-refractivity contribution in [2.45, 2.75) is 57.4 Å². The molecule has 3 aliphatic rings. The Hall–Kier alpha value is -1.63. The van der Waals surface area contributed by atoms with E-state index in [0.29, 0.717) is 38.5 Å². The first-order valence-electron chi connectivity index (χ1n) is 10.1. The van der Waals surface area contributed by atoms with Gasteiger partial charge in [-0.1, -0.05) is 6.42 Å². The first-order chi connectivity index (χ1) is 12.6. The predicted molar refractivity (Wildman–Crippen MR) is 96.7 cm³/mol. The molecule has 1 atom stereocenters. The number of nitrogens with one attached hydrogen (secondary N) is 1. The summed E-state index contributed by atoms with van der Waals surface area (Å²) in [4.78, 5) is 39.9. The maximum absolute atomic E-state index is 12.2. The molecule has 146 valence electrons. The van der Waals surface area contributed by atoms with Crippen LogP contribution in [0.25, 0.3) is 0 Å². The van der Waals surface area contributed by atoms with Gasteiger partial charge < -0.3 is 19.9 Å². The van der Waals surface area contributed by atoms with E-state index in [9.17, 15) is 14.4 Å². The van der Waals surface area contributed by atoms with E-state index in [0.717, 1.165) is 19.3 Å². The van der Waals surface area contributed by atoms with Crippen molar-refractivity contribution in [1.82, 2.24) is 15.1 Å². The molecule has 7 heteroatoms. The summed E-state index contributed by atoms with van der Waals surface area (Å²) in [5.74, 6) is -0.143. The molecule has 0 saturated carbocycles. The largest absolute Gasteiger partial charge is 0.441 e. The van der Waals surface area contributed by atoms with Crippen LogP contribution < -0.4 is 5.32 Å². The number of piperidine rings is 2. The monoisotopic (exact) mass is 365 g/mol. The summed E-state index contributed by atoms with van der Waals surface area (Å²) in [5.41, 5.74) is 0. The van der Waals surface area contributed by atoms with E-state index in [1.165, 1.54) is 32.4 Å². The lowest BCUT2D eigenvalue weighted by Gasteiger charge is -2.39. The number of Topliss-reactive ketones (excluding diaryl/α,β-unsaturated/α-hetero) is 1. The molecule has 7 nitrogen and oxygen atoms in total. The van der Waals surface area contributed by atoms with Gasteiger partial charge in [0.1, 0.15) is 0 Å². The van der Waals surface area contributed by atoms with E-state index in [1.807, 2.05) is 0 Å². The van der Waals surface area contributed by atoms with Gasteiger partial charge in [-0.15, -0.1) is 0 Å². The van der Waals surface area contributed by atoms with Crippen molar-refractivity contribution in [3.05, 3.63) is 0 Å². The SMILES string of the molecule is O=C(CC[C@H]1CCNC1=O)COC(=O)N1CCC(N2CCCCC2)CC1. The van der Waals surface area contributed by atoms with E-state index in [4.69, 9.17) is 4.74 Å². The van der Waals surface area contributed by atoms with Crippen molar-refractivity contribution in [1.29, 1.82) is 0 Å². The van der Waals surface area contributed by atoms with Gasteiger partial charge in [-0.3, -0.25) is 9.59 Å². The third-order valence-electron chi connectivity index (χ3n) is 5.92. The Morgan fingerprint density at radius 1 is 1.04 bits per heavy atom. The first-order valence-corrected chi connectivity index (χ1v) is 10.1. The predicted octanol–water partition coefficient (Wildman–Crippen LogP) is 1.56. The highest BCUT2D eigenvalue weighted by atomic mass is 16.6. The highest BCUT2D eigenvalue weighted by Crippen LogP contribution is 2.21. The summed E-state index contributed by atoms with van der Waals surface area (Å²) in [6.45, 7) is 4.29.